The first-order valence-corrected chi connectivity index (χ1v) is 9.33. The number of benzene rings is 1. The lowest BCUT2D eigenvalue weighted by Gasteiger charge is -2.16. The molecular weight excluding hydrogens is 326 g/mol. The average molecular weight is 349 g/mol. The number of carbonyl (C=O) groups is 2. The zero-order valence-corrected chi connectivity index (χ0v) is 14.5. The number of rotatable bonds is 7. The van der Waals surface area contributed by atoms with E-state index in [-0.39, 0.29) is 24.0 Å². The van der Waals surface area contributed by atoms with E-state index in [0.29, 0.717) is 11.7 Å². The van der Waals surface area contributed by atoms with Gasteiger partial charge in [0.25, 0.3) is 0 Å². The highest BCUT2D eigenvalue weighted by atomic mass is 32.2. The molecule has 2 aliphatic heterocycles. The summed E-state index contributed by atoms with van der Waals surface area (Å²) in [4.78, 5) is 23.4. The maximum atomic E-state index is 12.0. The van der Waals surface area contributed by atoms with E-state index in [0.717, 1.165) is 36.5 Å². The van der Waals surface area contributed by atoms with Crippen molar-refractivity contribution < 1.29 is 14.3 Å². The van der Waals surface area contributed by atoms with E-state index in [1.807, 2.05) is 36.0 Å². The lowest BCUT2D eigenvalue weighted by atomic mass is 10.0. The van der Waals surface area contributed by atoms with Crippen LogP contribution in [0.15, 0.2) is 24.3 Å². The van der Waals surface area contributed by atoms with Crippen LogP contribution in [-0.4, -0.2) is 42.1 Å². The molecule has 3 atom stereocenters. The molecule has 2 fully saturated rings. The Kier molecular flexibility index (Phi) is 5.50. The SMILES string of the molecule is COc1cccc(NC(=O)CCCC[C@@H]2SC[C@H]3NC(=O)N[C@H]23)c1. The standard InChI is InChI=1S/C17H23N3O3S/c1-23-12-6-4-5-11(9-12)18-15(21)8-3-2-7-14-16-13(10-24-14)19-17(22)20-16/h4-6,9,13-14,16H,2-3,7-8,10H2,1H3,(H,18,21)(H2,19,20,22)/t13-,14+,16+/m1/s1. The van der Waals surface area contributed by atoms with Crippen LogP contribution in [0, 0.1) is 0 Å². The summed E-state index contributed by atoms with van der Waals surface area (Å²) in [6.45, 7) is 0. The molecule has 1 aromatic carbocycles. The monoisotopic (exact) mass is 349 g/mol. The van der Waals surface area contributed by atoms with Crippen molar-refractivity contribution in [2.45, 2.75) is 43.0 Å². The molecule has 0 bridgehead atoms. The molecule has 0 aromatic heterocycles. The van der Waals surface area contributed by atoms with E-state index >= 15 is 0 Å². The number of hydrogen-bond donors (Lipinski definition) is 3. The number of ether oxygens (including phenoxy) is 1. The van der Waals surface area contributed by atoms with E-state index < -0.39 is 0 Å². The molecule has 0 saturated carbocycles. The van der Waals surface area contributed by atoms with Gasteiger partial charge in [0.15, 0.2) is 0 Å². The molecule has 3 N–H and O–H groups in total. The van der Waals surface area contributed by atoms with Crippen molar-refractivity contribution in [3.8, 4) is 5.75 Å². The average Bonchev–Trinajstić information content (AvgIpc) is 3.11. The molecule has 0 radical (unpaired) electrons. The predicted octanol–water partition coefficient (Wildman–Crippen LogP) is 2.36. The van der Waals surface area contributed by atoms with Crippen molar-refractivity contribution in [2.24, 2.45) is 0 Å². The summed E-state index contributed by atoms with van der Waals surface area (Å²) in [5.41, 5.74) is 0.758. The summed E-state index contributed by atoms with van der Waals surface area (Å²) in [6.07, 6.45) is 3.38. The van der Waals surface area contributed by atoms with Gasteiger partial charge in [0, 0.05) is 29.2 Å². The smallest absolute Gasteiger partial charge is 0.315 e. The van der Waals surface area contributed by atoms with Crippen LogP contribution in [0.4, 0.5) is 10.5 Å². The lowest BCUT2D eigenvalue weighted by Crippen LogP contribution is -2.36. The van der Waals surface area contributed by atoms with Crippen molar-refractivity contribution >= 4 is 29.4 Å². The molecule has 3 rings (SSSR count). The summed E-state index contributed by atoms with van der Waals surface area (Å²) in [6, 6.07) is 7.82. The van der Waals surface area contributed by atoms with Crippen LogP contribution in [0.5, 0.6) is 5.75 Å². The first-order chi connectivity index (χ1) is 11.7. The second-order valence-corrected chi connectivity index (χ2v) is 7.42. The van der Waals surface area contributed by atoms with Gasteiger partial charge in [0.2, 0.25) is 5.91 Å². The predicted molar refractivity (Wildman–Crippen MR) is 95.6 cm³/mol. The van der Waals surface area contributed by atoms with Gasteiger partial charge in [-0.3, -0.25) is 4.79 Å². The van der Waals surface area contributed by atoms with Gasteiger partial charge in [-0.25, -0.2) is 4.79 Å². The highest BCUT2D eigenvalue weighted by molar-refractivity contribution is 8.00. The third-order valence-electron chi connectivity index (χ3n) is 4.43. The summed E-state index contributed by atoms with van der Waals surface area (Å²) < 4.78 is 5.15. The van der Waals surface area contributed by atoms with E-state index in [4.69, 9.17) is 4.74 Å². The van der Waals surface area contributed by atoms with Gasteiger partial charge in [-0.05, 0) is 25.0 Å². The first-order valence-electron chi connectivity index (χ1n) is 8.28. The maximum Gasteiger partial charge on any atom is 0.315 e. The highest BCUT2D eigenvalue weighted by Crippen LogP contribution is 2.33. The Morgan fingerprint density at radius 1 is 1.38 bits per heavy atom. The van der Waals surface area contributed by atoms with Crippen LogP contribution >= 0.6 is 11.8 Å². The normalized spacial score (nSPS) is 24.9. The molecule has 0 spiro atoms. The summed E-state index contributed by atoms with van der Waals surface area (Å²) >= 11 is 1.91. The largest absolute Gasteiger partial charge is 0.497 e. The molecular formula is C17H23N3O3S. The molecule has 3 amide bonds. The minimum absolute atomic E-state index is 0.0241. The van der Waals surface area contributed by atoms with Crippen LogP contribution in [0.3, 0.4) is 0 Å². The Morgan fingerprint density at radius 2 is 2.25 bits per heavy atom. The molecule has 7 heteroatoms. The third kappa shape index (κ3) is 4.14. The van der Waals surface area contributed by atoms with E-state index in [1.54, 1.807) is 7.11 Å². The maximum absolute atomic E-state index is 12.0. The highest BCUT2D eigenvalue weighted by Gasteiger charge is 2.42. The van der Waals surface area contributed by atoms with Crippen molar-refractivity contribution in [1.29, 1.82) is 0 Å². The summed E-state index contributed by atoms with van der Waals surface area (Å²) in [5.74, 6) is 1.73. The quantitative estimate of drug-likeness (QED) is 0.521. The van der Waals surface area contributed by atoms with Gasteiger partial charge in [0.05, 0.1) is 19.2 Å². The fraction of sp³-hybridized carbons (Fsp3) is 0.529. The number of unbranched alkanes of at least 4 members (excludes halogenated alkanes) is 1. The van der Waals surface area contributed by atoms with Gasteiger partial charge in [0.1, 0.15) is 5.75 Å². The van der Waals surface area contributed by atoms with Crippen molar-refractivity contribution in [2.75, 3.05) is 18.2 Å². The molecule has 130 valence electrons. The molecule has 2 aliphatic rings. The Labute approximate surface area is 146 Å². The number of carbonyl (C=O) groups excluding carboxylic acids is 2. The minimum atomic E-state index is -0.0482. The van der Waals surface area contributed by atoms with Crippen molar-refractivity contribution in [3.05, 3.63) is 24.3 Å². The third-order valence-corrected chi connectivity index (χ3v) is 5.94. The van der Waals surface area contributed by atoms with E-state index in [9.17, 15) is 9.59 Å². The number of thioether (sulfide) groups is 1. The summed E-state index contributed by atoms with van der Waals surface area (Å²) in [5, 5.41) is 9.29. The molecule has 0 aliphatic carbocycles. The van der Waals surface area contributed by atoms with Crippen LogP contribution in [0.2, 0.25) is 0 Å². The Hall–Kier alpha value is -1.89. The Balaban J connectivity index is 1.36. The zero-order valence-electron chi connectivity index (χ0n) is 13.7. The second-order valence-electron chi connectivity index (χ2n) is 6.15. The van der Waals surface area contributed by atoms with Gasteiger partial charge in [-0.2, -0.15) is 11.8 Å². The number of methoxy groups -OCH3 is 1. The van der Waals surface area contributed by atoms with Gasteiger partial charge in [-0.1, -0.05) is 12.5 Å². The van der Waals surface area contributed by atoms with Crippen molar-refractivity contribution in [3.63, 3.8) is 0 Å². The van der Waals surface area contributed by atoms with Crippen LogP contribution in [0.1, 0.15) is 25.7 Å². The number of fused-ring (bicyclic) bond motifs is 1. The number of nitrogens with one attached hydrogen (secondary N) is 3. The topological polar surface area (TPSA) is 79.5 Å². The van der Waals surface area contributed by atoms with Crippen molar-refractivity contribution in [1.82, 2.24) is 10.6 Å². The zero-order chi connectivity index (χ0) is 16.9. The van der Waals surface area contributed by atoms with Gasteiger partial charge in [-0.15, -0.1) is 0 Å². The molecule has 24 heavy (non-hydrogen) atoms. The number of urea groups is 1. The fourth-order valence-corrected chi connectivity index (χ4v) is 4.74. The Morgan fingerprint density at radius 3 is 3.08 bits per heavy atom. The second kappa shape index (κ2) is 7.79. The molecule has 0 unspecified atom stereocenters. The molecule has 2 saturated heterocycles. The van der Waals surface area contributed by atoms with E-state index in [1.165, 1.54) is 0 Å². The van der Waals surface area contributed by atoms with Crippen LogP contribution in [-0.2, 0) is 4.79 Å². The van der Waals surface area contributed by atoms with Gasteiger partial charge < -0.3 is 20.7 Å². The number of hydrogen-bond acceptors (Lipinski definition) is 4. The molecule has 1 aromatic rings. The number of anilines is 1. The molecule has 2 heterocycles. The van der Waals surface area contributed by atoms with Crippen LogP contribution in [0.25, 0.3) is 0 Å². The fourth-order valence-electron chi connectivity index (χ4n) is 3.20. The molecule has 6 nitrogen and oxygen atoms in total. The van der Waals surface area contributed by atoms with Gasteiger partial charge >= 0.3 is 6.03 Å². The van der Waals surface area contributed by atoms with Crippen LogP contribution < -0.4 is 20.7 Å². The van der Waals surface area contributed by atoms with E-state index in [2.05, 4.69) is 16.0 Å². The Bertz CT molecular complexity index is 610. The number of amides is 3. The first kappa shape index (κ1) is 17.0. The summed E-state index contributed by atoms with van der Waals surface area (Å²) in [7, 11) is 1.61. The minimum Gasteiger partial charge on any atom is -0.497 e. The lowest BCUT2D eigenvalue weighted by molar-refractivity contribution is -0.116.